The molecule has 1 N–H and O–H groups in total. The van der Waals surface area contributed by atoms with E-state index >= 15 is 0 Å². The molecule has 1 atom stereocenters. The van der Waals surface area contributed by atoms with Crippen molar-refractivity contribution in [2.45, 2.75) is 19.3 Å². The number of piperidine rings is 1. The molecule has 4 heteroatoms. The van der Waals surface area contributed by atoms with Gasteiger partial charge in [-0.25, -0.2) is 0 Å². The SMILES string of the molecule is Clc1ccc(Cl)c(OCC[C@H]2CCCNC2)c1. The molecule has 0 saturated carbocycles. The summed E-state index contributed by atoms with van der Waals surface area (Å²) in [7, 11) is 0. The van der Waals surface area contributed by atoms with Gasteiger partial charge in [0.05, 0.1) is 11.6 Å². The van der Waals surface area contributed by atoms with Crippen molar-refractivity contribution in [3.05, 3.63) is 28.2 Å². The third kappa shape index (κ3) is 4.06. The molecule has 0 spiro atoms. The van der Waals surface area contributed by atoms with Crippen LogP contribution in [0.2, 0.25) is 10.0 Å². The van der Waals surface area contributed by atoms with Gasteiger partial charge in [-0.05, 0) is 50.4 Å². The van der Waals surface area contributed by atoms with Crippen molar-refractivity contribution in [2.75, 3.05) is 19.7 Å². The zero-order chi connectivity index (χ0) is 12.1. The predicted octanol–water partition coefficient (Wildman–Crippen LogP) is 3.76. The van der Waals surface area contributed by atoms with Gasteiger partial charge in [0.25, 0.3) is 0 Å². The van der Waals surface area contributed by atoms with Gasteiger partial charge in [-0.1, -0.05) is 23.2 Å². The molecule has 2 rings (SSSR count). The Labute approximate surface area is 112 Å². The first-order chi connectivity index (χ1) is 8.25. The molecular weight excluding hydrogens is 257 g/mol. The molecule has 0 bridgehead atoms. The maximum Gasteiger partial charge on any atom is 0.139 e. The summed E-state index contributed by atoms with van der Waals surface area (Å²) in [6.45, 7) is 2.95. The van der Waals surface area contributed by atoms with Crippen molar-refractivity contribution in [3.8, 4) is 5.75 Å². The summed E-state index contributed by atoms with van der Waals surface area (Å²) in [5.74, 6) is 1.41. The van der Waals surface area contributed by atoms with Crippen molar-refractivity contribution in [1.82, 2.24) is 5.32 Å². The Morgan fingerprint density at radius 1 is 1.35 bits per heavy atom. The van der Waals surface area contributed by atoms with Gasteiger partial charge in [-0.3, -0.25) is 0 Å². The van der Waals surface area contributed by atoms with Gasteiger partial charge in [0.15, 0.2) is 0 Å². The lowest BCUT2D eigenvalue weighted by Crippen LogP contribution is -2.30. The average molecular weight is 274 g/mol. The molecule has 0 radical (unpaired) electrons. The van der Waals surface area contributed by atoms with E-state index in [1.165, 1.54) is 12.8 Å². The first kappa shape index (κ1) is 13.0. The molecular formula is C13H17Cl2NO. The minimum absolute atomic E-state index is 0.621. The van der Waals surface area contributed by atoms with Crippen molar-refractivity contribution < 1.29 is 4.74 Å². The van der Waals surface area contributed by atoms with Crippen LogP contribution in [0.25, 0.3) is 0 Å². The summed E-state index contributed by atoms with van der Waals surface area (Å²) in [5, 5.41) is 4.68. The molecule has 0 amide bonds. The van der Waals surface area contributed by atoms with Gasteiger partial charge in [0.1, 0.15) is 5.75 Å². The third-order valence-electron chi connectivity index (χ3n) is 3.08. The lowest BCUT2D eigenvalue weighted by atomic mass is 9.97. The number of ether oxygens (including phenoxy) is 1. The van der Waals surface area contributed by atoms with Crippen LogP contribution in [0.15, 0.2) is 18.2 Å². The number of rotatable bonds is 4. The summed E-state index contributed by atoms with van der Waals surface area (Å²) in [5.41, 5.74) is 0. The van der Waals surface area contributed by atoms with Crippen LogP contribution < -0.4 is 10.1 Å². The Balaban J connectivity index is 1.79. The van der Waals surface area contributed by atoms with Gasteiger partial charge < -0.3 is 10.1 Å². The smallest absolute Gasteiger partial charge is 0.139 e. The van der Waals surface area contributed by atoms with Gasteiger partial charge in [0, 0.05) is 11.1 Å². The third-order valence-corrected chi connectivity index (χ3v) is 3.62. The molecule has 0 aliphatic carbocycles. The average Bonchev–Trinajstić information content (AvgIpc) is 2.35. The topological polar surface area (TPSA) is 21.3 Å². The summed E-state index contributed by atoms with van der Waals surface area (Å²) < 4.78 is 5.68. The monoisotopic (exact) mass is 273 g/mol. The number of nitrogens with one attached hydrogen (secondary N) is 1. The minimum Gasteiger partial charge on any atom is -0.492 e. The van der Waals surface area contributed by atoms with E-state index < -0.39 is 0 Å². The molecule has 1 fully saturated rings. The number of benzene rings is 1. The van der Waals surface area contributed by atoms with Crippen LogP contribution in [0.5, 0.6) is 5.75 Å². The minimum atomic E-state index is 0.621. The maximum absolute atomic E-state index is 6.02. The first-order valence-corrected chi connectivity index (χ1v) is 6.80. The lowest BCUT2D eigenvalue weighted by Gasteiger charge is -2.22. The Kier molecular flexibility index (Phi) is 4.96. The molecule has 1 aromatic rings. The van der Waals surface area contributed by atoms with Crippen LogP contribution in [0.3, 0.4) is 0 Å². The van der Waals surface area contributed by atoms with Gasteiger partial charge in [0.2, 0.25) is 0 Å². The van der Waals surface area contributed by atoms with E-state index in [1.54, 1.807) is 18.2 Å². The van der Waals surface area contributed by atoms with Crippen LogP contribution in [0, 0.1) is 5.92 Å². The van der Waals surface area contributed by atoms with Gasteiger partial charge >= 0.3 is 0 Å². The van der Waals surface area contributed by atoms with E-state index in [1.807, 2.05) is 0 Å². The Hall–Kier alpha value is -0.440. The molecule has 1 aliphatic rings. The van der Waals surface area contributed by atoms with Crippen molar-refractivity contribution in [3.63, 3.8) is 0 Å². The van der Waals surface area contributed by atoms with E-state index in [-0.39, 0.29) is 0 Å². The summed E-state index contributed by atoms with van der Waals surface area (Å²) in [6, 6.07) is 5.30. The molecule has 1 aliphatic heterocycles. The molecule has 17 heavy (non-hydrogen) atoms. The van der Waals surface area contributed by atoms with Crippen LogP contribution in [0.4, 0.5) is 0 Å². The van der Waals surface area contributed by atoms with E-state index in [2.05, 4.69) is 5.32 Å². The molecule has 94 valence electrons. The predicted molar refractivity (Wildman–Crippen MR) is 72.2 cm³/mol. The first-order valence-electron chi connectivity index (χ1n) is 6.04. The van der Waals surface area contributed by atoms with Crippen molar-refractivity contribution in [2.24, 2.45) is 5.92 Å². The van der Waals surface area contributed by atoms with E-state index in [0.29, 0.717) is 22.4 Å². The largest absolute Gasteiger partial charge is 0.492 e. The molecule has 0 aromatic heterocycles. The number of hydrogen-bond acceptors (Lipinski definition) is 2. The van der Waals surface area contributed by atoms with Gasteiger partial charge in [-0.2, -0.15) is 0 Å². The van der Waals surface area contributed by atoms with Crippen LogP contribution >= 0.6 is 23.2 Å². The summed E-state index contributed by atoms with van der Waals surface area (Å²) >= 11 is 11.9. The fraction of sp³-hybridized carbons (Fsp3) is 0.538. The Morgan fingerprint density at radius 3 is 3.00 bits per heavy atom. The van der Waals surface area contributed by atoms with E-state index in [4.69, 9.17) is 27.9 Å². The molecule has 1 aromatic carbocycles. The Bertz CT molecular complexity index is 364. The molecule has 1 saturated heterocycles. The fourth-order valence-corrected chi connectivity index (χ4v) is 2.43. The second-order valence-electron chi connectivity index (χ2n) is 4.42. The van der Waals surface area contributed by atoms with Crippen LogP contribution in [-0.4, -0.2) is 19.7 Å². The highest BCUT2D eigenvalue weighted by molar-refractivity contribution is 6.34. The van der Waals surface area contributed by atoms with Crippen molar-refractivity contribution in [1.29, 1.82) is 0 Å². The second-order valence-corrected chi connectivity index (χ2v) is 5.27. The Morgan fingerprint density at radius 2 is 2.24 bits per heavy atom. The van der Waals surface area contributed by atoms with Crippen LogP contribution in [-0.2, 0) is 0 Å². The lowest BCUT2D eigenvalue weighted by molar-refractivity contribution is 0.254. The standard InChI is InChI=1S/C13H17Cl2NO/c14-11-3-4-12(15)13(8-11)17-7-5-10-2-1-6-16-9-10/h3-4,8,10,16H,1-2,5-7,9H2/t10-/m1/s1. The zero-order valence-corrected chi connectivity index (χ0v) is 11.2. The molecule has 1 heterocycles. The zero-order valence-electron chi connectivity index (χ0n) is 9.72. The number of hydrogen-bond donors (Lipinski definition) is 1. The highest BCUT2D eigenvalue weighted by Crippen LogP contribution is 2.28. The van der Waals surface area contributed by atoms with Crippen molar-refractivity contribution >= 4 is 23.2 Å². The summed E-state index contributed by atoms with van der Waals surface area (Å²) in [6.07, 6.45) is 3.62. The second kappa shape index (κ2) is 6.48. The van der Waals surface area contributed by atoms with E-state index in [9.17, 15) is 0 Å². The molecule has 0 unspecified atom stereocenters. The highest BCUT2D eigenvalue weighted by atomic mass is 35.5. The fourth-order valence-electron chi connectivity index (χ4n) is 2.09. The normalized spacial score (nSPS) is 20.2. The van der Waals surface area contributed by atoms with Gasteiger partial charge in [-0.15, -0.1) is 0 Å². The van der Waals surface area contributed by atoms with E-state index in [0.717, 1.165) is 25.4 Å². The maximum atomic E-state index is 6.02. The highest BCUT2D eigenvalue weighted by Gasteiger charge is 2.13. The number of halogens is 2. The quantitative estimate of drug-likeness (QED) is 0.902. The summed E-state index contributed by atoms with van der Waals surface area (Å²) in [4.78, 5) is 0. The molecule has 2 nitrogen and oxygen atoms in total. The van der Waals surface area contributed by atoms with Crippen LogP contribution in [0.1, 0.15) is 19.3 Å².